The van der Waals surface area contributed by atoms with Crippen LogP contribution in [0.5, 0.6) is 0 Å². The molecule has 2 N–H and O–H groups in total. The summed E-state index contributed by atoms with van der Waals surface area (Å²) in [5.41, 5.74) is 0.874. The first kappa shape index (κ1) is 20.3. The molecule has 3 rings (SSSR count). The zero-order chi connectivity index (χ0) is 16.2. The van der Waals surface area contributed by atoms with Crippen molar-refractivity contribution in [1.82, 2.24) is 10.2 Å². The van der Waals surface area contributed by atoms with E-state index in [1.165, 1.54) is 70.8 Å². The largest absolute Gasteiger partial charge is 0.396 e. The lowest BCUT2D eigenvalue weighted by atomic mass is 9.73. The lowest BCUT2D eigenvalue weighted by molar-refractivity contribution is 0.183. The Morgan fingerprint density at radius 3 is 2.33 bits per heavy atom. The molecule has 1 saturated heterocycles. The van der Waals surface area contributed by atoms with Gasteiger partial charge in [0, 0.05) is 33.3 Å². The first-order valence-electron chi connectivity index (χ1n) is 9.78. The summed E-state index contributed by atoms with van der Waals surface area (Å²) in [5.74, 6) is 1.09. The van der Waals surface area contributed by atoms with Crippen molar-refractivity contribution in [3.8, 4) is 0 Å². The summed E-state index contributed by atoms with van der Waals surface area (Å²) in [6, 6.07) is 0. The molecule has 0 aromatic rings. The van der Waals surface area contributed by atoms with Crippen molar-refractivity contribution in [2.24, 2.45) is 15.8 Å². The van der Waals surface area contributed by atoms with Crippen LogP contribution in [0.1, 0.15) is 70.6 Å². The molecule has 140 valence electrons. The zero-order valence-corrected chi connectivity index (χ0v) is 17.7. The van der Waals surface area contributed by atoms with Crippen molar-refractivity contribution >= 4 is 29.9 Å². The predicted molar refractivity (Wildman–Crippen MR) is 111 cm³/mol. The minimum atomic E-state index is 0. The number of likely N-dealkylation sites (tertiary alicyclic amines) is 1. The van der Waals surface area contributed by atoms with Crippen molar-refractivity contribution in [3.05, 3.63) is 0 Å². The van der Waals surface area contributed by atoms with Gasteiger partial charge in [-0.25, -0.2) is 0 Å². The second-order valence-corrected chi connectivity index (χ2v) is 8.31. The molecule has 0 radical (unpaired) electrons. The normalized spacial score (nSPS) is 25.8. The summed E-state index contributed by atoms with van der Waals surface area (Å²) in [6.45, 7) is 3.64. The molecule has 0 amide bonds. The fourth-order valence-corrected chi connectivity index (χ4v) is 5.30. The molecule has 3 fully saturated rings. The highest BCUT2D eigenvalue weighted by Crippen LogP contribution is 2.44. The molecule has 3 aliphatic rings. The van der Waals surface area contributed by atoms with Gasteiger partial charge in [0.2, 0.25) is 0 Å². The van der Waals surface area contributed by atoms with Crippen LogP contribution in [0.2, 0.25) is 0 Å². The molecule has 0 aromatic carbocycles. The average molecular weight is 449 g/mol. The quantitative estimate of drug-likeness (QED) is 0.390. The Kier molecular flexibility index (Phi) is 7.65. The van der Waals surface area contributed by atoms with E-state index in [1.54, 1.807) is 0 Å². The van der Waals surface area contributed by atoms with Crippen LogP contribution in [-0.2, 0) is 0 Å². The summed E-state index contributed by atoms with van der Waals surface area (Å²) in [7, 11) is 1.92. The van der Waals surface area contributed by atoms with Gasteiger partial charge in [-0.2, -0.15) is 0 Å². The van der Waals surface area contributed by atoms with Gasteiger partial charge in [-0.3, -0.25) is 4.99 Å². The van der Waals surface area contributed by atoms with Crippen LogP contribution in [0, 0.1) is 10.8 Å². The first-order valence-corrected chi connectivity index (χ1v) is 9.78. The van der Waals surface area contributed by atoms with Crippen LogP contribution in [0.15, 0.2) is 4.99 Å². The van der Waals surface area contributed by atoms with Crippen LogP contribution in [-0.4, -0.2) is 49.3 Å². The third-order valence-corrected chi connectivity index (χ3v) is 6.79. The van der Waals surface area contributed by atoms with Gasteiger partial charge in [0.25, 0.3) is 0 Å². The summed E-state index contributed by atoms with van der Waals surface area (Å²) in [4.78, 5) is 7.06. The van der Waals surface area contributed by atoms with E-state index in [0.29, 0.717) is 17.4 Å². The number of aliphatic hydroxyl groups is 1. The second kappa shape index (κ2) is 9.06. The van der Waals surface area contributed by atoms with Gasteiger partial charge >= 0.3 is 0 Å². The fourth-order valence-electron chi connectivity index (χ4n) is 5.30. The number of guanidine groups is 1. The Morgan fingerprint density at radius 2 is 1.71 bits per heavy atom. The highest BCUT2D eigenvalue weighted by atomic mass is 127. The number of rotatable bonds is 4. The molecular weight excluding hydrogens is 413 g/mol. The van der Waals surface area contributed by atoms with Crippen LogP contribution < -0.4 is 5.32 Å². The van der Waals surface area contributed by atoms with Crippen LogP contribution in [0.3, 0.4) is 0 Å². The van der Waals surface area contributed by atoms with Gasteiger partial charge in [0.15, 0.2) is 5.96 Å². The third-order valence-electron chi connectivity index (χ3n) is 6.79. The monoisotopic (exact) mass is 449 g/mol. The fraction of sp³-hybridized carbons (Fsp3) is 0.947. The van der Waals surface area contributed by atoms with Crippen LogP contribution >= 0.6 is 24.0 Å². The zero-order valence-electron chi connectivity index (χ0n) is 15.4. The van der Waals surface area contributed by atoms with Crippen LogP contribution in [0.25, 0.3) is 0 Å². The molecule has 24 heavy (non-hydrogen) atoms. The molecule has 5 heteroatoms. The smallest absolute Gasteiger partial charge is 0.193 e. The molecule has 1 spiro atoms. The maximum Gasteiger partial charge on any atom is 0.193 e. The van der Waals surface area contributed by atoms with Gasteiger partial charge in [0.05, 0.1) is 0 Å². The Balaban J connectivity index is 0.00000208. The second-order valence-electron chi connectivity index (χ2n) is 8.31. The minimum Gasteiger partial charge on any atom is -0.396 e. The molecule has 2 saturated carbocycles. The van der Waals surface area contributed by atoms with E-state index in [2.05, 4.69) is 15.2 Å². The summed E-state index contributed by atoms with van der Waals surface area (Å²) < 4.78 is 0. The van der Waals surface area contributed by atoms with Crippen molar-refractivity contribution in [2.75, 3.05) is 33.3 Å². The molecule has 0 aromatic heterocycles. The van der Waals surface area contributed by atoms with E-state index in [9.17, 15) is 5.11 Å². The Hall–Kier alpha value is -0.0400. The molecular formula is C19H36IN3O. The van der Waals surface area contributed by atoms with E-state index >= 15 is 0 Å². The Bertz CT molecular complexity index is 415. The molecule has 1 heterocycles. The number of hydrogen-bond acceptors (Lipinski definition) is 2. The SMILES string of the molecule is CN=C(NCC1(CCO)CCCC1)N1CCC2(CCCCC2)C1.I. The lowest BCUT2D eigenvalue weighted by Crippen LogP contribution is -2.45. The predicted octanol–water partition coefficient (Wildman–Crippen LogP) is 3.78. The summed E-state index contributed by atoms with van der Waals surface area (Å²) >= 11 is 0. The highest BCUT2D eigenvalue weighted by molar-refractivity contribution is 14.0. The van der Waals surface area contributed by atoms with Gasteiger partial charge in [-0.1, -0.05) is 32.1 Å². The van der Waals surface area contributed by atoms with Gasteiger partial charge in [-0.15, -0.1) is 24.0 Å². The number of aliphatic imine (C=N–C) groups is 1. The maximum absolute atomic E-state index is 9.42. The number of aliphatic hydroxyl groups excluding tert-OH is 1. The van der Waals surface area contributed by atoms with E-state index in [0.717, 1.165) is 25.5 Å². The topological polar surface area (TPSA) is 47.9 Å². The van der Waals surface area contributed by atoms with Gasteiger partial charge in [-0.05, 0) is 49.4 Å². The molecule has 2 aliphatic carbocycles. The van der Waals surface area contributed by atoms with Crippen molar-refractivity contribution in [2.45, 2.75) is 70.6 Å². The summed E-state index contributed by atoms with van der Waals surface area (Å²) in [5, 5.41) is 13.1. The van der Waals surface area contributed by atoms with E-state index in [1.807, 2.05) is 7.05 Å². The Morgan fingerprint density at radius 1 is 1.04 bits per heavy atom. The number of halogens is 1. The minimum absolute atomic E-state index is 0. The third kappa shape index (κ3) is 4.57. The Labute approximate surface area is 164 Å². The standard InChI is InChI=1S/C19H35N3O.HI/c1-20-17(21-15-18(12-14-23)7-5-6-8-18)22-13-11-19(16-22)9-3-2-4-10-19;/h23H,2-16H2,1H3,(H,20,21);1H. The van der Waals surface area contributed by atoms with Gasteiger partial charge in [0.1, 0.15) is 0 Å². The van der Waals surface area contributed by atoms with E-state index < -0.39 is 0 Å². The highest BCUT2D eigenvalue weighted by Gasteiger charge is 2.40. The van der Waals surface area contributed by atoms with Crippen molar-refractivity contribution in [3.63, 3.8) is 0 Å². The molecule has 0 unspecified atom stereocenters. The van der Waals surface area contributed by atoms with Crippen molar-refractivity contribution in [1.29, 1.82) is 0 Å². The lowest BCUT2D eigenvalue weighted by Gasteiger charge is -2.34. The van der Waals surface area contributed by atoms with Crippen molar-refractivity contribution < 1.29 is 5.11 Å². The molecule has 0 bridgehead atoms. The number of nitrogens with zero attached hydrogens (tertiary/aromatic N) is 2. The van der Waals surface area contributed by atoms with E-state index in [4.69, 9.17) is 0 Å². The number of nitrogens with one attached hydrogen (secondary N) is 1. The first-order chi connectivity index (χ1) is 11.2. The van der Waals surface area contributed by atoms with Gasteiger partial charge < -0.3 is 15.3 Å². The maximum atomic E-state index is 9.42. The number of hydrogen-bond donors (Lipinski definition) is 2. The molecule has 0 atom stereocenters. The molecule has 1 aliphatic heterocycles. The average Bonchev–Trinajstić information content (AvgIpc) is 3.18. The summed E-state index contributed by atoms with van der Waals surface area (Å²) in [6.07, 6.45) is 14.5. The van der Waals surface area contributed by atoms with E-state index in [-0.39, 0.29) is 24.0 Å². The van der Waals surface area contributed by atoms with Crippen LogP contribution in [0.4, 0.5) is 0 Å². The molecule has 4 nitrogen and oxygen atoms in total.